The van der Waals surface area contributed by atoms with Crippen molar-refractivity contribution in [2.24, 2.45) is 0 Å². The largest absolute Gasteiger partial charge is 0.386 e. The van der Waals surface area contributed by atoms with Gasteiger partial charge in [-0.2, -0.15) is 9.61 Å². The molecule has 7 heteroatoms. The van der Waals surface area contributed by atoms with Crippen LogP contribution in [0, 0.1) is 0 Å². The van der Waals surface area contributed by atoms with Crippen LogP contribution in [0.4, 0.5) is 0 Å². The lowest BCUT2D eigenvalue weighted by molar-refractivity contribution is -0.102. The van der Waals surface area contributed by atoms with Crippen molar-refractivity contribution in [1.82, 2.24) is 24.7 Å². The second-order valence-electron chi connectivity index (χ2n) is 8.29. The normalized spacial score (nSPS) is 28.7. The molecule has 3 aliphatic rings. The Morgan fingerprint density at radius 2 is 1.96 bits per heavy atom. The van der Waals surface area contributed by atoms with Crippen LogP contribution >= 0.6 is 0 Å². The molecule has 1 saturated carbocycles. The third-order valence-corrected chi connectivity index (χ3v) is 6.08. The number of fused-ring (bicyclic) bond motifs is 1. The van der Waals surface area contributed by atoms with Gasteiger partial charge in [-0.1, -0.05) is 0 Å². The molecule has 2 saturated heterocycles. The summed E-state index contributed by atoms with van der Waals surface area (Å²) in [5, 5.41) is 24.3. The molecule has 26 heavy (non-hydrogen) atoms. The number of ether oxygens (including phenoxy) is 1. The predicted octanol–water partition coefficient (Wildman–Crippen LogP) is 1.72. The minimum atomic E-state index is -0.673. The average molecular weight is 357 g/mol. The number of rotatable bonds is 4. The maximum Gasteiger partial charge on any atom is 0.177 e. The summed E-state index contributed by atoms with van der Waals surface area (Å²) in [7, 11) is 0. The molecule has 5 rings (SSSR count). The minimum Gasteiger partial charge on any atom is -0.386 e. The fourth-order valence-electron chi connectivity index (χ4n) is 4.40. The Morgan fingerprint density at radius 1 is 1.12 bits per heavy atom. The van der Waals surface area contributed by atoms with Gasteiger partial charge in [-0.25, -0.2) is 0 Å². The van der Waals surface area contributed by atoms with Gasteiger partial charge in [-0.3, -0.25) is 0 Å². The summed E-state index contributed by atoms with van der Waals surface area (Å²) in [4.78, 5) is 2.37. The summed E-state index contributed by atoms with van der Waals surface area (Å²) in [6, 6.07) is 4.14. The van der Waals surface area contributed by atoms with Crippen molar-refractivity contribution in [3.8, 4) is 0 Å². The predicted molar refractivity (Wildman–Crippen MR) is 96.2 cm³/mol. The summed E-state index contributed by atoms with van der Waals surface area (Å²) in [5.41, 5.74) is 1.35. The highest BCUT2D eigenvalue weighted by molar-refractivity contribution is 5.38. The first kappa shape index (κ1) is 16.6. The molecule has 0 aromatic carbocycles. The van der Waals surface area contributed by atoms with E-state index < -0.39 is 5.60 Å². The fourth-order valence-corrected chi connectivity index (χ4v) is 4.40. The van der Waals surface area contributed by atoms with E-state index in [0.717, 1.165) is 56.9 Å². The Bertz CT molecular complexity index is 773. The van der Waals surface area contributed by atoms with Crippen LogP contribution in [0.2, 0.25) is 0 Å². The third-order valence-electron chi connectivity index (χ3n) is 6.08. The van der Waals surface area contributed by atoms with Crippen molar-refractivity contribution in [2.45, 2.75) is 56.0 Å². The number of nitrogens with zero attached hydrogens (tertiary/aromatic N) is 5. The molecule has 1 N–H and O–H groups in total. The average Bonchev–Trinajstić information content (AvgIpc) is 3.42. The first-order chi connectivity index (χ1) is 12.7. The molecule has 2 aromatic rings. The quantitative estimate of drug-likeness (QED) is 0.898. The molecule has 0 amide bonds. The Labute approximate surface area is 153 Å². The summed E-state index contributed by atoms with van der Waals surface area (Å²) < 4.78 is 7.45. The Balaban J connectivity index is 1.26. The van der Waals surface area contributed by atoms with Crippen molar-refractivity contribution in [1.29, 1.82) is 0 Å². The van der Waals surface area contributed by atoms with Crippen molar-refractivity contribution in [2.75, 3.05) is 32.8 Å². The second kappa shape index (κ2) is 6.55. The van der Waals surface area contributed by atoms with Gasteiger partial charge in [0, 0.05) is 25.0 Å². The van der Waals surface area contributed by atoms with Gasteiger partial charge in [-0.05, 0) is 63.7 Å². The molecular formula is C19H27N5O2. The van der Waals surface area contributed by atoms with Crippen molar-refractivity contribution >= 4 is 5.65 Å². The maximum atomic E-state index is 10.7. The van der Waals surface area contributed by atoms with Gasteiger partial charge in [-0.15, -0.1) is 10.2 Å². The van der Waals surface area contributed by atoms with Gasteiger partial charge in [0.15, 0.2) is 11.5 Å². The first-order valence-corrected chi connectivity index (χ1v) is 9.95. The zero-order valence-corrected chi connectivity index (χ0v) is 15.2. The number of likely N-dealkylation sites (tertiary alicyclic amines) is 1. The van der Waals surface area contributed by atoms with Crippen LogP contribution in [0.15, 0.2) is 12.1 Å². The van der Waals surface area contributed by atoms with Gasteiger partial charge < -0.3 is 14.7 Å². The standard InChI is InChI=1S/C19H27N5O2/c25-19(8-1-11-26-13-19)12-23-9-6-15(7-10-23)18-21-20-17-5-4-16(14-2-3-14)22-24(17)18/h4-5,14-15,25H,1-3,6-13H2. The van der Waals surface area contributed by atoms with Crippen molar-refractivity contribution < 1.29 is 9.84 Å². The summed E-state index contributed by atoms with van der Waals surface area (Å²) in [5.74, 6) is 2.03. The van der Waals surface area contributed by atoms with Gasteiger partial charge in [0.05, 0.1) is 12.3 Å². The van der Waals surface area contributed by atoms with Gasteiger partial charge in [0.1, 0.15) is 5.60 Å². The Kier molecular flexibility index (Phi) is 4.18. The first-order valence-electron chi connectivity index (χ1n) is 9.95. The summed E-state index contributed by atoms with van der Waals surface area (Å²) in [6.45, 7) is 3.91. The third kappa shape index (κ3) is 3.23. The molecule has 140 valence electrons. The van der Waals surface area contributed by atoms with E-state index in [-0.39, 0.29) is 0 Å². The Hall–Kier alpha value is -1.57. The van der Waals surface area contributed by atoms with Crippen LogP contribution in [-0.2, 0) is 4.74 Å². The lowest BCUT2D eigenvalue weighted by atomic mass is 9.92. The topological polar surface area (TPSA) is 75.8 Å². The zero-order chi connectivity index (χ0) is 17.6. The van der Waals surface area contributed by atoms with Crippen LogP contribution in [0.1, 0.15) is 61.9 Å². The molecule has 2 aromatic heterocycles. The van der Waals surface area contributed by atoms with Crippen LogP contribution in [-0.4, -0.2) is 68.3 Å². The maximum absolute atomic E-state index is 10.7. The highest BCUT2D eigenvalue weighted by atomic mass is 16.5. The number of aromatic nitrogens is 4. The molecule has 0 radical (unpaired) electrons. The van der Waals surface area contributed by atoms with Gasteiger partial charge in [0.25, 0.3) is 0 Å². The highest BCUT2D eigenvalue weighted by Gasteiger charge is 2.34. The number of piperidine rings is 1. The molecule has 0 bridgehead atoms. The van der Waals surface area contributed by atoms with Crippen LogP contribution in [0.3, 0.4) is 0 Å². The molecule has 7 nitrogen and oxygen atoms in total. The van der Waals surface area contributed by atoms with E-state index in [1.165, 1.54) is 18.5 Å². The Morgan fingerprint density at radius 3 is 2.69 bits per heavy atom. The smallest absolute Gasteiger partial charge is 0.177 e. The van der Waals surface area contributed by atoms with E-state index in [4.69, 9.17) is 9.84 Å². The molecule has 1 aliphatic carbocycles. The number of hydrogen-bond acceptors (Lipinski definition) is 6. The summed E-state index contributed by atoms with van der Waals surface area (Å²) in [6.07, 6.45) is 6.37. The SMILES string of the molecule is OC1(CN2CCC(c3nnc4ccc(C5CC5)nn34)CC2)CCCOC1. The van der Waals surface area contributed by atoms with E-state index in [1.54, 1.807) is 0 Å². The van der Waals surface area contributed by atoms with Crippen molar-refractivity contribution in [3.05, 3.63) is 23.7 Å². The lowest BCUT2D eigenvalue weighted by Gasteiger charge is -2.39. The van der Waals surface area contributed by atoms with Gasteiger partial charge >= 0.3 is 0 Å². The molecule has 2 aliphatic heterocycles. The van der Waals surface area contributed by atoms with E-state index in [1.807, 2.05) is 10.6 Å². The van der Waals surface area contributed by atoms with Crippen LogP contribution in [0.25, 0.3) is 5.65 Å². The second-order valence-corrected chi connectivity index (χ2v) is 8.29. The molecular weight excluding hydrogens is 330 g/mol. The van der Waals surface area contributed by atoms with Gasteiger partial charge in [0.2, 0.25) is 0 Å². The van der Waals surface area contributed by atoms with Crippen LogP contribution < -0.4 is 0 Å². The summed E-state index contributed by atoms with van der Waals surface area (Å²) >= 11 is 0. The number of β-amino-alcohol motifs (C(OH)–C–C–N with tert-alkyl or cyclic N) is 1. The number of aliphatic hydroxyl groups is 1. The lowest BCUT2D eigenvalue weighted by Crippen LogP contribution is -2.50. The molecule has 4 heterocycles. The highest BCUT2D eigenvalue weighted by Crippen LogP contribution is 2.39. The molecule has 3 fully saturated rings. The van der Waals surface area contributed by atoms with Crippen LogP contribution in [0.5, 0.6) is 0 Å². The fraction of sp³-hybridized carbons (Fsp3) is 0.737. The molecule has 1 unspecified atom stereocenters. The van der Waals surface area contributed by atoms with Crippen molar-refractivity contribution in [3.63, 3.8) is 0 Å². The minimum absolute atomic E-state index is 0.389. The number of hydrogen-bond donors (Lipinski definition) is 1. The van der Waals surface area contributed by atoms with E-state index >= 15 is 0 Å². The monoisotopic (exact) mass is 357 g/mol. The van der Waals surface area contributed by atoms with E-state index in [2.05, 4.69) is 21.2 Å². The molecule has 0 spiro atoms. The molecule has 1 atom stereocenters. The van der Waals surface area contributed by atoms with E-state index in [9.17, 15) is 5.11 Å². The zero-order valence-electron chi connectivity index (χ0n) is 15.2. The van der Waals surface area contributed by atoms with E-state index in [0.29, 0.717) is 25.0 Å².